The van der Waals surface area contributed by atoms with E-state index in [1.165, 1.54) is 6.92 Å². The third-order valence-corrected chi connectivity index (χ3v) is 6.51. The molecule has 0 bridgehead atoms. The summed E-state index contributed by atoms with van der Waals surface area (Å²) in [6.45, 7) is 3.91. The molecule has 3 heterocycles. The summed E-state index contributed by atoms with van der Waals surface area (Å²) in [6.07, 6.45) is 3.74. The second kappa shape index (κ2) is 10.8. The Morgan fingerprint density at radius 1 is 1.00 bits per heavy atom. The normalized spacial score (nSPS) is 14.7. The lowest BCUT2D eigenvalue weighted by Crippen LogP contribution is -2.44. The molecular weight excluding hydrogens is 486 g/mol. The lowest BCUT2D eigenvalue weighted by atomic mass is 9.93. The number of amides is 1. The van der Waals surface area contributed by atoms with Gasteiger partial charge in [0.2, 0.25) is 11.7 Å². The van der Waals surface area contributed by atoms with E-state index in [2.05, 4.69) is 19.9 Å². The minimum absolute atomic E-state index is 0.0562. The highest BCUT2D eigenvalue weighted by atomic mass is 16.5. The highest BCUT2D eigenvalue weighted by Gasteiger charge is 2.30. The molecule has 10 nitrogen and oxygen atoms in total. The Hall–Kier alpha value is -4.60. The molecule has 38 heavy (non-hydrogen) atoms. The molecule has 0 unspecified atom stereocenters. The highest BCUT2D eigenvalue weighted by molar-refractivity contribution is 6.08. The van der Waals surface area contributed by atoms with E-state index < -0.39 is 12.1 Å². The largest absolute Gasteiger partial charge is 0.453 e. The van der Waals surface area contributed by atoms with Crippen LogP contribution >= 0.6 is 0 Å². The van der Waals surface area contributed by atoms with Crippen molar-refractivity contribution in [2.45, 2.75) is 38.7 Å². The fourth-order valence-corrected chi connectivity index (χ4v) is 4.61. The number of hydrogen-bond acceptors (Lipinski definition) is 8. The standard InChI is InChI=1S/C28H27N5O5/c1-17(37-18(2)34)28(36)33-15-11-19(12-16-33)24-27(30-14-13-29-24)38-21-9-7-20(8-10-21)25(35)26-31-22-5-3-4-6-23(22)32-26/h3-10,13-14,17,19H,11-12,15-16H2,1-2H3,(H,31,32)/t17-/m1/s1. The molecule has 10 heteroatoms. The van der Waals surface area contributed by atoms with Gasteiger partial charge in [-0.2, -0.15) is 0 Å². The summed E-state index contributed by atoms with van der Waals surface area (Å²) in [4.78, 5) is 54.7. The molecule has 5 rings (SSSR count). The number of imidazole rings is 1. The molecule has 1 N–H and O–H groups in total. The Balaban J connectivity index is 1.24. The Bertz CT molecular complexity index is 1440. The van der Waals surface area contributed by atoms with Crippen LogP contribution in [0, 0.1) is 0 Å². The van der Waals surface area contributed by atoms with E-state index in [4.69, 9.17) is 9.47 Å². The van der Waals surface area contributed by atoms with Crippen LogP contribution in [0.5, 0.6) is 11.6 Å². The summed E-state index contributed by atoms with van der Waals surface area (Å²) in [6, 6.07) is 14.3. The van der Waals surface area contributed by atoms with Crippen LogP contribution in [0.3, 0.4) is 0 Å². The van der Waals surface area contributed by atoms with E-state index in [1.807, 2.05) is 24.3 Å². The summed E-state index contributed by atoms with van der Waals surface area (Å²) in [5.74, 6) is 0.361. The van der Waals surface area contributed by atoms with E-state index in [9.17, 15) is 14.4 Å². The number of para-hydroxylation sites is 2. The highest BCUT2D eigenvalue weighted by Crippen LogP contribution is 2.34. The fraction of sp³-hybridized carbons (Fsp3) is 0.286. The fourth-order valence-electron chi connectivity index (χ4n) is 4.61. The lowest BCUT2D eigenvalue weighted by molar-refractivity contribution is -0.157. The summed E-state index contributed by atoms with van der Waals surface area (Å²) in [5.41, 5.74) is 2.74. The molecule has 0 aliphatic carbocycles. The van der Waals surface area contributed by atoms with Crippen LogP contribution in [0.2, 0.25) is 0 Å². The van der Waals surface area contributed by atoms with Crippen LogP contribution in [0.4, 0.5) is 0 Å². The Morgan fingerprint density at radius 3 is 2.42 bits per heavy atom. The summed E-state index contributed by atoms with van der Waals surface area (Å²) in [7, 11) is 0. The van der Waals surface area contributed by atoms with Gasteiger partial charge in [0, 0.05) is 43.9 Å². The zero-order valence-corrected chi connectivity index (χ0v) is 21.1. The van der Waals surface area contributed by atoms with Crippen molar-refractivity contribution in [2.75, 3.05) is 13.1 Å². The summed E-state index contributed by atoms with van der Waals surface area (Å²) < 4.78 is 11.1. The van der Waals surface area contributed by atoms with Crippen LogP contribution < -0.4 is 4.74 Å². The van der Waals surface area contributed by atoms with Gasteiger partial charge in [-0.1, -0.05) is 12.1 Å². The number of carbonyl (C=O) groups is 3. The molecule has 1 atom stereocenters. The molecule has 1 fully saturated rings. The predicted molar refractivity (Wildman–Crippen MR) is 138 cm³/mol. The number of ether oxygens (including phenoxy) is 2. The van der Waals surface area contributed by atoms with E-state index in [0.717, 1.165) is 16.7 Å². The number of benzene rings is 2. The number of nitrogens with zero attached hydrogens (tertiary/aromatic N) is 4. The topological polar surface area (TPSA) is 127 Å². The molecule has 2 aromatic carbocycles. The van der Waals surface area contributed by atoms with Crippen molar-refractivity contribution in [1.29, 1.82) is 0 Å². The van der Waals surface area contributed by atoms with Crippen molar-refractivity contribution in [3.63, 3.8) is 0 Å². The average molecular weight is 514 g/mol. The number of ketones is 1. The van der Waals surface area contributed by atoms with Crippen LogP contribution in [0.15, 0.2) is 60.9 Å². The molecule has 1 aliphatic heterocycles. The first kappa shape index (κ1) is 25.1. The summed E-state index contributed by atoms with van der Waals surface area (Å²) >= 11 is 0. The Kier molecular flexibility index (Phi) is 7.12. The predicted octanol–water partition coefficient (Wildman–Crippen LogP) is 4.03. The molecule has 1 saturated heterocycles. The molecule has 194 valence electrons. The van der Waals surface area contributed by atoms with Crippen molar-refractivity contribution in [3.8, 4) is 11.6 Å². The maximum Gasteiger partial charge on any atom is 0.303 e. The van der Waals surface area contributed by atoms with Gasteiger partial charge < -0.3 is 19.4 Å². The smallest absolute Gasteiger partial charge is 0.303 e. The van der Waals surface area contributed by atoms with Crippen LogP contribution in [-0.2, 0) is 14.3 Å². The number of rotatable bonds is 7. The number of aromatic amines is 1. The van der Waals surface area contributed by atoms with Crippen LogP contribution in [0.1, 0.15) is 54.5 Å². The van der Waals surface area contributed by atoms with Crippen molar-refractivity contribution >= 4 is 28.7 Å². The van der Waals surface area contributed by atoms with Crippen LogP contribution in [-0.4, -0.2) is 61.7 Å². The van der Waals surface area contributed by atoms with Crippen LogP contribution in [0.25, 0.3) is 11.0 Å². The third-order valence-electron chi connectivity index (χ3n) is 6.51. The number of esters is 1. The van der Waals surface area contributed by atoms with Gasteiger partial charge in [-0.25, -0.2) is 9.97 Å². The maximum atomic E-state index is 12.9. The molecular formula is C28H27N5O5. The lowest BCUT2D eigenvalue weighted by Gasteiger charge is -2.33. The van der Waals surface area contributed by atoms with Crippen molar-refractivity contribution in [2.24, 2.45) is 0 Å². The quantitative estimate of drug-likeness (QED) is 0.290. The Labute approximate surface area is 219 Å². The number of hydrogen-bond donors (Lipinski definition) is 1. The SMILES string of the molecule is CC(=O)O[C@H](C)C(=O)N1CCC(c2nccnc2Oc2ccc(C(=O)c3nc4ccccc4[nH]3)cc2)CC1. The molecule has 1 aliphatic rings. The Morgan fingerprint density at radius 2 is 1.71 bits per heavy atom. The van der Waals surface area contributed by atoms with Gasteiger partial charge in [-0.3, -0.25) is 19.4 Å². The van der Waals surface area contributed by atoms with E-state index >= 15 is 0 Å². The first-order valence-electron chi connectivity index (χ1n) is 12.4. The number of aromatic nitrogens is 4. The van der Waals surface area contributed by atoms with E-state index in [1.54, 1.807) is 48.5 Å². The van der Waals surface area contributed by atoms with Gasteiger partial charge in [0.25, 0.3) is 5.91 Å². The first-order chi connectivity index (χ1) is 18.4. The number of piperidine rings is 1. The zero-order valence-electron chi connectivity index (χ0n) is 21.1. The van der Waals surface area contributed by atoms with Crippen molar-refractivity contribution in [1.82, 2.24) is 24.8 Å². The van der Waals surface area contributed by atoms with Crippen molar-refractivity contribution in [3.05, 3.63) is 78.0 Å². The van der Waals surface area contributed by atoms with E-state index in [-0.39, 0.29) is 23.4 Å². The van der Waals surface area contributed by atoms with Gasteiger partial charge in [-0.15, -0.1) is 0 Å². The minimum Gasteiger partial charge on any atom is -0.453 e. The molecule has 0 radical (unpaired) electrons. The maximum absolute atomic E-state index is 12.9. The van der Waals surface area contributed by atoms with Crippen molar-refractivity contribution < 1.29 is 23.9 Å². The second-order valence-corrected chi connectivity index (χ2v) is 9.16. The summed E-state index contributed by atoms with van der Waals surface area (Å²) in [5, 5.41) is 0. The third kappa shape index (κ3) is 5.39. The van der Waals surface area contributed by atoms with E-state index in [0.29, 0.717) is 43.1 Å². The number of H-pyrrole nitrogens is 1. The number of fused-ring (bicyclic) bond motifs is 1. The van der Waals surface area contributed by atoms with Gasteiger partial charge in [0.1, 0.15) is 11.4 Å². The first-order valence-corrected chi connectivity index (χ1v) is 12.4. The van der Waals surface area contributed by atoms with Gasteiger partial charge in [-0.05, 0) is 56.2 Å². The zero-order chi connectivity index (χ0) is 26.6. The second-order valence-electron chi connectivity index (χ2n) is 9.16. The average Bonchev–Trinajstić information content (AvgIpc) is 3.37. The van der Waals surface area contributed by atoms with Gasteiger partial charge in [0.15, 0.2) is 11.9 Å². The monoisotopic (exact) mass is 513 g/mol. The molecule has 0 spiro atoms. The van der Waals surface area contributed by atoms with Gasteiger partial charge >= 0.3 is 5.97 Å². The number of carbonyl (C=O) groups excluding carboxylic acids is 3. The minimum atomic E-state index is -0.804. The molecule has 4 aromatic rings. The number of likely N-dealkylation sites (tertiary alicyclic amines) is 1. The number of nitrogens with one attached hydrogen (secondary N) is 1. The molecule has 1 amide bonds. The van der Waals surface area contributed by atoms with Gasteiger partial charge in [0.05, 0.1) is 11.0 Å². The molecule has 0 saturated carbocycles. The molecule has 2 aromatic heterocycles.